The van der Waals surface area contributed by atoms with Crippen molar-refractivity contribution >= 4 is 0 Å². The second kappa shape index (κ2) is 5.75. The van der Waals surface area contributed by atoms with Crippen LogP contribution in [0.3, 0.4) is 0 Å². The molecule has 100 valence electrons. The Morgan fingerprint density at radius 2 is 2.11 bits per heavy atom. The number of nitrogens with two attached hydrogens (primary N) is 1. The summed E-state index contributed by atoms with van der Waals surface area (Å²) in [6.07, 6.45) is 3.40. The van der Waals surface area contributed by atoms with Gasteiger partial charge < -0.3 is 10.5 Å². The third kappa shape index (κ3) is 3.06. The van der Waals surface area contributed by atoms with Gasteiger partial charge in [-0.2, -0.15) is 0 Å². The number of nitrogens with zero attached hydrogens (tertiary/aromatic N) is 1. The number of benzene rings is 1. The molecule has 0 saturated heterocycles. The zero-order valence-electron chi connectivity index (χ0n) is 10.4. The van der Waals surface area contributed by atoms with E-state index in [0.717, 1.165) is 11.6 Å². The molecular formula is C14H14F2N2O. The monoisotopic (exact) mass is 264 g/mol. The molecule has 1 heterocycles. The lowest BCUT2D eigenvalue weighted by atomic mass is 9.99. The van der Waals surface area contributed by atoms with Crippen molar-refractivity contribution in [3.63, 3.8) is 0 Å². The molecule has 1 aromatic carbocycles. The minimum atomic E-state index is -0.601. The molecule has 3 nitrogen and oxygen atoms in total. The number of ether oxygens (including phenoxy) is 1. The first-order valence-corrected chi connectivity index (χ1v) is 5.79. The lowest BCUT2D eigenvalue weighted by Crippen LogP contribution is -2.15. The summed E-state index contributed by atoms with van der Waals surface area (Å²) in [6, 6.07) is 4.75. The molecule has 2 N–H and O–H groups in total. The number of rotatable bonds is 4. The van der Waals surface area contributed by atoms with E-state index in [0.29, 0.717) is 11.3 Å². The van der Waals surface area contributed by atoms with Gasteiger partial charge in [0.2, 0.25) is 0 Å². The Bertz CT molecular complexity index is 575. The van der Waals surface area contributed by atoms with Gasteiger partial charge in [0.1, 0.15) is 17.4 Å². The zero-order valence-corrected chi connectivity index (χ0v) is 10.4. The summed E-state index contributed by atoms with van der Waals surface area (Å²) in [7, 11) is 1.52. The van der Waals surface area contributed by atoms with Crippen molar-refractivity contribution in [1.82, 2.24) is 4.98 Å². The van der Waals surface area contributed by atoms with Crippen LogP contribution < -0.4 is 10.5 Å². The fourth-order valence-corrected chi connectivity index (χ4v) is 1.90. The van der Waals surface area contributed by atoms with E-state index in [1.165, 1.54) is 19.2 Å². The van der Waals surface area contributed by atoms with Crippen molar-refractivity contribution < 1.29 is 13.5 Å². The second-order valence-corrected chi connectivity index (χ2v) is 4.16. The van der Waals surface area contributed by atoms with Crippen molar-refractivity contribution in [2.45, 2.75) is 12.5 Å². The van der Waals surface area contributed by atoms with Gasteiger partial charge in [-0.25, -0.2) is 8.78 Å². The summed E-state index contributed by atoms with van der Waals surface area (Å²) < 4.78 is 31.6. The first kappa shape index (κ1) is 13.4. The Morgan fingerprint density at radius 3 is 2.79 bits per heavy atom. The lowest BCUT2D eigenvalue weighted by Gasteiger charge is -2.15. The van der Waals surface area contributed by atoms with Gasteiger partial charge in [0.15, 0.2) is 0 Å². The van der Waals surface area contributed by atoms with Crippen molar-refractivity contribution in [3.8, 4) is 5.75 Å². The van der Waals surface area contributed by atoms with Gasteiger partial charge in [-0.05, 0) is 24.1 Å². The van der Waals surface area contributed by atoms with Crippen LogP contribution in [0.15, 0.2) is 36.7 Å². The number of methoxy groups -OCH3 is 1. The molecule has 0 bridgehead atoms. The van der Waals surface area contributed by atoms with E-state index in [1.54, 1.807) is 18.5 Å². The standard InChI is InChI=1S/C14H14F2N2O/c1-19-14-8-18-5-4-11(14)13(17)6-9-2-3-10(15)7-12(9)16/h2-5,7-8,13H,6,17H2,1H3. The van der Waals surface area contributed by atoms with Crippen LogP contribution in [-0.4, -0.2) is 12.1 Å². The SMILES string of the molecule is COc1cnccc1C(N)Cc1ccc(F)cc1F. The van der Waals surface area contributed by atoms with Crippen LogP contribution in [0, 0.1) is 11.6 Å². The van der Waals surface area contributed by atoms with Gasteiger partial charge in [0.05, 0.1) is 13.3 Å². The molecule has 19 heavy (non-hydrogen) atoms. The minimum Gasteiger partial charge on any atom is -0.495 e. The van der Waals surface area contributed by atoms with Crippen molar-refractivity contribution in [3.05, 3.63) is 59.4 Å². The first-order valence-electron chi connectivity index (χ1n) is 5.79. The summed E-state index contributed by atoms with van der Waals surface area (Å²) in [5.41, 5.74) is 7.15. The summed E-state index contributed by atoms with van der Waals surface area (Å²) in [5.74, 6) is -0.641. The number of pyridine rings is 1. The largest absolute Gasteiger partial charge is 0.495 e. The normalized spacial score (nSPS) is 12.2. The molecule has 2 aromatic rings. The topological polar surface area (TPSA) is 48.1 Å². The maximum absolute atomic E-state index is 13.6. The van der Waals surface area contributed by atoms with Crippen LogP contribution in [0.25, 0.3) is 0 Å². The van der Waals surface area contributed by atoms with E-state index in [1.807, 2.05) is 0 Å². The Kier molecular flexibility index (Phi) is 4.06. The molecule has 0 fully saturated rings. The van der Waals surface area contributed by atoms with E-state index < -0.39 is 17.7 Å². The van der Waals surface area contributed by atoms with Gasteiger partial charge >= 0.3 is 0 Å². The summed E-state index contributed by atoms with van der Waals surface area (Å²) in [4.78, 5) is 3.93. The maximum atomic E-state index is 13.6. The van der Waals surface area contributed by atoms with Crippen LogP contribution in [0.2, 0.25) is 0 Å². The summed E-state index contributed by atoms with van der Waals surface area (Å²) in [6.45, 7) is 0. The molecule has 0 saturated carbocycles. The fraction of sp³-hybridized carbons (Fsp3) is 0.214. The Hall–Kier alpha value is -2.01. The van der Waals surface area contributed by atoms with Crippen LogP contribution in [0.4, 0.5) is 8.78 Å². The average Bonchev–Trinajstić information content (AvgIpc) is 2.41. The van der Waals surface area contributed by atoms with E-state index in [9.17, 15) is 8.78 Å². The highest BCUT2D eigenvalue weighted by molar-refractivity contribution is 5.34. The van der Waals surface area contributed by atoms with Gasteiger partial charge in [0.25, 0.3) is 0 Å². The number of halogens is 2. The highest BCUT2D eigenvalue weighted by Crippen LogP contribution is 2.25. The quantitative estimate of drug-likeness (QED) is 0.923. The Morgan fingerprint density at radius 1 is 1.32 bits per heavy atom. The predicted molar refractivity (Wildman–Crippen MR) is 67.8 cm³/mol. The van der Waals surface area contributed by atoms with Crippen LogP contribution >= 0.6 is 0 Å². The van der Waals surface area contributed by atoms with E-state index >= 15 is 0 Å². The average molecular weight is 264 g/mol. The number of aromatic nitrogens is 1. The molecule has 0 radical (unpaired) electrons. The van der Waals surface area contributed by atoms with Gasteiger partial charge in [0, 0.05) is 23.9 Å². The molecule has 2 rings (SSSR count). The summed E-state index contributed by atoms with van der Waals surface area (Å²) >= 11 is 0. The highest BCUT2D eigenvalue weighted by Gasteiger charge is 2.14. The number of hydrogen-bond acceptors (Lipinski definition) is 3. The van der Waals surface area contributed by atoms with Gasteiger partial charge in [-0.15, -0.1) is 0 Å². The van der Waals surface area contributed by atoms with Crippen molar-refractivity contribution in [2.24, 2.45) is 5.73 Å². The fourth-order valence-electron chi connectivity index (χ4n) is 1.90. The molecular weight excluding hydrogens is 250 g/mol. The molecule has 0 aliphatic carbocycles. The molecule has 1 unspecified atom stereocenters. The molecule has 0 aliphatic rings. The molecule has 0 amide bonds. The smallest absolute Gasteiger partial charge is 0.141 e. The van der Waals surface area contributed by atoms with E-state index in [-0.39, 0.29) is 6.42 Å². The molecule has 1 aromatic heterocycles. The van der Waals surface area contributed by atoms with Gasteiger partial charge in [-0.1, -0.05) is 6.07 Å². The maximum Gasteiger partial charge on any atom is 0.141 e. The van der Waals surface area contributed by atoms with Crippen molar-refractivity contribution in [1.29, 1.82) is 0 Å². The van der Waals surface area contributed by atoms with Crippen LogP contribution in [0.5, 0.6) is 5.75 Å². The summed E-state index contributed by atoms with van der Waals surface area (Å²) in [5, 5.41) is 0. The molecule has 0 spiro atoms. The van der Waals surface area contributed by atoms with Gasteiger partial charge in [-0.3, -0.25) is 4.98 Å². The van der Waals surface area contributed by atoms with Crippen LogP contribution in [-0.2, 0) is 6.42 Å². The second-order valence-electron chi connectivity index (χ2n) is 4.16. The van der Waals surface area contributed by atoms with E-state index in [4.69, 9.17) is 10.5 Å². The third-order valence-electron chi connectivity index (χ3n) is 2.89. The van der Waals surface area contributed by atoms with E-state index in [2.05, 4.69) is 4.98 Å². The molecule has 0 aliphatic heterocycles. The molecule has 5 heteroatoms. The van der Waals surface area contributed by atoms with Crippen molar-refractivity contribution in [2.75, 3.05) is 7.11 Å². The number of hydrogen-bond donors (Lipinski definition) is 1. The Labute approximate surface area is 110 Å². The highest BCUT2D eigenvalue weighted by atomic mass is 19.1. The molecule has 1 atom stereocenters. The minimum absolute atomic E-state index is 0.256. The predicted octanol–water partition coefficient (Wildman–Crippen LogP) is 2.61. The first-order chi connectivity index (χ1) is 9.11. The lowest BCUT2D eigenvalue weighted by molar-refractivity contribution is 0.403. The van der Waals surface area contributed by atoms with Crippen LogP contribution in [0.1, 0.15) is 17.2 Å². The Balaban J connectivity index is 2.23. The zero-order chi connectivity index (χ0) is 13.8. The third-order valence-corrected chi connectivity index (χ3v) is 2.89.